The molecule has 9 heteroatoms. The van der Waals surface area contributed by atoms with Gasteiger partial charge in [-0.15, -0.1) is 0 Å². The molecular weight excluding hydrogens is 479 g/mol. The molecule has 2 heterocycles. The second-order valence-electron chi connectivity index (χ2n) is 9.09. The maximum absolute atomic E-state index is 13.5. The number of amides is 2. The SMILES string of the molecule is CCOC(=O)c1ccc(N2C(=O)[C@@H]3[C@H]4C[C@@H]([C@H]5ON=C(c6ccc(Cl)cc6Cl)[C@@H]45)[C@H]3C2=O)cc1. The zero-order valence-corrected chi connectivity index (χ0v) is 19.6. The summed E-state index contributed by atoms with van der Waals surface area (Å²) in [6, 6.07) is 11.6. The van der Waals surface area contributed by atoms with Crippen LogP contribution in [0.5, 0.6) is 0 Å². The highest BCUT2D eigenvalue weighted by Gasteiger charge is 2.70. The fourth-order valence-corrected chi connectivity index (χ4v) is 6.77. The summed E-state index contributed by atoms with van der Waals surface area (Å²) in [4.78, 5) is 46.0. The van der Waals surface area contributed by atoms with Crippen molar-refractivity contribution in [2.75, 3.05) is 11.5 Å². The fourth-order valence-electron chi connectivity index (χ4n) is 6.26. The number of ether oxygens (including phenoxy) is 1. The first-order chi connectivity index (χ1) is 16.4. The van der Waals surface area contributed by atoms with Gasteiger partial charge in [0.25, 0.3) is 0 Å². The topological polar surface area (TPSA) is 85.3 Å². The minimum absolute atomic E-state index is 0.0618. The average Bonchev–Trinajstić information content (AvgIpc) is 3.55. The van der Waals surface area contributed by atoms with Crippen molar-refractivity contribution >= 4 is 52.4 Å². The maximum atomic E-state index is 13.5. The number of carbonyl (C=O) groups excluding carboxylic acids is 3. The molecule has 6 rings (SSSR count). The van der Waals surface area contributed by atoms with Crippen LogP contribution in [0.25, 0.3) is 0 Å². The molecule has 174 valence electrons. The third-order valence-corrected chi connectivity index (χ3v) is 8.08. The van der Waals surface area contributed by atoms with Gasteiger partial charge in [-0.2, -0.15) is 0 Å². The summed E-state index contributed by atoms with van der Waals surface area (Å²) in [5.41, 5.74) is 2.28. The predicted octanol–water partition coefficient (Wildman–Crippen LogP) is 4.34. The lowest BCUT2D eigenvalue weighted by Crippen LogP contribution is -2.41. The van der Waals surface area contributed by atoms with E-state index < -0.39 is 17.8 Å². The minimum Gasteiger partial charge on any atom is -0.462 e. The van der Waals surface area contributed by atoms with Gasteiger partial charge >= 0.3 is 5.97 Å². The average molecular weight is 499 g/mol. The van der Waals surface area contributed by atoms with E-state index in [0.29, 0.717) is 21.3 Å². The van der Waals surface area contributed by atoms with Crippen molar-refractivity contribution in [3.63, 3.8) is 0 Å². The van der Waals surface area contributed by atoms with Crippen LogP contribution in [-0.4, -0.2) is 36.2 Å². The quantitative estimate of drug-likeness (QED) is 0.462. The van der Waals surface area contributed by atoms with E-state index in [4.69, 9.17) is 32.8 Å². The van der Waals surface area contributed by atoms with Crippen LogP contribution >= 0.6 is 23.2 Å². The number of carbonyl (C=O) groups is 3. The van der Waals surface area contributed by atoms with Gasteiger partial charge in [-0.3, -0.25) is 14.5 Å². The number of oxime groups is 1. The molecule has 2 amide bonds. The molecule has 34 heavy (non-hydrogen) atoms. The van der Waals surface area contributed by atoms with Crippen LogP contribution in [0.4, 0.5) is 5.69 Å². The van der Waals surface area contributed by atoms with Crippen molar-refractivity contribution in [1.82, 2.24) is 0 Å². The molecule has 2 saturated carbocycles. The van der Waals surface area contributed by atoms with Crippen molar-refractivity contribution in [1.29, 1.82) is 0 Å². The molecule has 3 fully saturated rings. The molecule has 0 spiro atoms. The molecule has 2 aromatic carbocycles. The monoisotopic (exact) mass is 498 g/mol. The molecular formula is C25H20Cl2N2O5. The zero-order chi connectivity index (χ0) is 23.7. The molecule has 4 aliphatic rings. The molecule has 6 atom stereocenters. The van der Waals surface area contributed by atoms with Crippen LogP contribution in [0.1, 0.15) is 29.3 Å². The van der Waals surface area contributed by atoms with E-state index in [1.54, 1.807) is 43.3 Å². The predicted molar refractivity (Wildman–Crippen MR) is 125 cm³/mol. The van der Waals surface area contributed by atoms with Crippen LogP contribution in [-0.2, 0) is 19.2 Å². The van der Waals surface area contributed by atoms with Gasteiger partial charge in [0.1, 0.15) is 6.10 Å². The number of nitrogens with zero attached hydrogens (tertiary/aromatic N) is 2. The Labute approximate surface area is 205 Å². The second kappa shape index (κ2) is 7.82. The highest BCUT2D eigenvalue weighted by Crippen LogP contribution is 2.62. The van der Waals surface area contributed by atoms with Gasteiger partial charge in [-0.25, -0.2) is 4.79 Å². The number of halogens is 2. The van der Waals surface area contributed by atoms with Crippen molar-refractivity contribution in [2.45, 2.75) is 19.4 Å². The number of imide groups is 1. The number of benzene rings is 2. The van der Waals surface area contributed by atoms with Gasteiger partial charge in [-0.1, -0.05) is 34.4 Å². The zero-order valence-electron chi connectivity index (χ0n) is 18.1. The highest BCUT2D eigenvalue weighted by atomic mass is 35.5. The first-order valence-electron chi connectivity index (χ1n) is 11.2. The summed E-state index contributed by atoms with van der Waals surface area (Å²) in [5, 5.41) is 5.33. The smallest absolute Gasteiger partial charge is 0.338 e. The normalized spacial score (nSPS) is 30.8. The molecule has 0 N–H and O–H groups in total. The molecule has 1 saturated heterocycles. The first kappa shape index (κ1) is 21.6. The molecule has 2 aliphatic carbocycles. The molecule has 7 nitrogen and oxygen atoms in total. The Morgan fingerprint density at radius 3 is 2.44 bits per heavy atom. The third kappa shape index (κ3) is 2.96. The molecule has 2 bridgehead atoms. The van der Waals surface area contributed by atoms with E-state index in [9.17, 15) is 14.4 Å². The van der Waals surface area contributed by atoms with Gasteiger partial charge < -0.3 is 9.57 Å². The van der Waals surface area contributed by atoms with Gasteiger partial charge in [0, 0.05) is 22.4 Å². The summed E-state index contributed by atoms with van der Waals surface area (Å²) in [7, 11) is 0. The summed E-state index contributed by atoms with van der Waals surface area (Å²) >= 11 is 12.5. The molecule has 2 aromatic rings. The summed E-state index contributed by atoms with van der Waals surface area (Å²) in [6.07, 6.45) is 0.484. The van der Waals surface area contributed by atoms with E-state index in [1.165, 1.54) is 4.90 Å². The van der Waals surface area contributed by atoms with Gasteiger partial charge in [-0.05, 0) is 55.7 Å². The lowest BCUT2D eigenvalue weighted by atomic mass is 9.71. The summed E-state index contributed by atoms with van der Waals surface area (Å²) < 4.78 is 5.01. The van der Waals surface area contributed by atoms with Crippen LogP contribution in [0, 0.1) is 29.6 Å². The molecule has 0 unspecified atom stereocenters. The Bertz CT molecular complexity index is 1260. The number of hydrogen-bond acceptors (Lipinski definition) is 6. The van der Waals surface area contributed by atoms with E-state index >= 15 is 0 Å². The fraction of sp³-hybridized carbons (Fsp3) is 0.360. The van der Waals surface area contributed by atoms with E-state index in [1.807, 2.05) is 6.07 Å². The Morgan fingerprint density at radius 2 is 1.76 bits per heavy atom. The summed E-state index contributed by atoms with van der Waals surface area (Å²) in [5.74, 6) is -1.99. The molecule has 0 aromatic heterocycles. The lowest BCUT2D eigenvalue weighted by Gasteiger charge is -2.30. The number of rotatable bonds is 4. The van der Waals surface area contributed by atoms with Crippen molar-refractivity contribution < 1.29 is 24.0 Å². The highest BCUT2D eigenvalue weighted by molar-refractivity contribution is 6.37. The third-order valence-electron chi connectivity index (χ3n) is 7.53. The second-order valence-corrected chi connectivity index (χ2v) is 9.93. The Kier molecular flexibility index (Phi) is 4.97. The van der Waals surface area contributed by atoms with Crippen molar-refractivity contribution in [3.8, 4) is 0 Å². The maximum Gasteiger partial charge on any atom is 0.338 e. The largest absolute Gasteiger partial charge is 0.462 e. The number of esters is 1. The molecule has 0 radical (unpaired) electrons. The number of anilines is 1. The van der Waals surface area contributed by atoms with Crippen molar-refractivity contribution in [3.05, 3.63) is 63.6 Å². The van der Waals surface area contributed by atoms with E-state index in [0.717, 1.165) is 17.7 Å². The number of fused-ring (bicyclic) bond motifs is 8. The summed E-state index contributed by atoms with van der Waals surface area (Å²) in [6.45, 7) is 2.00. The van der Waals surface area contributed by atoms with E-state index in [2.05, 4.69) is 5.16 Å². The van der Waals surface area contributed by atoms with Gasteiger partial charge in [0.2, 0.25) is 11.8 Å². The Hall–Kier alpha value is -2.90. The van der Waals surface area contributed by atoms with Crippen LogP contribution in [0.15, 0.2) is 47.6 Å². The lowest BCUT2D eigenvalue weighted by molar-refractivity contribution is -0.125. The Morgan fingerprint density at radius 1 is 1.06 bits per heavy atom. The van der Waals surface area contributed by atoms with E-state index in [-0.39, 0.29) is 42.3 Å². The van der Waals surface area contributed by atoms with Crippen LogP contribution in [0.2, 0.25) is 10.0 Å². The van der Waals surface area contributed by atoms with Gasteiger partial charge in [0.05, 0.1) is 40.4 Å². The minimum atomic E-state index is -0.444. The van der Waals surface area contributed by atoms with Crippen LogP contribution < -0.4 is 4.90 Å². The van der Waals surface area contributed by atoms with Gasteiger partial charge in [0.15, 0.2) is 0 Å². The Balaban J connectivity index is 1.29. The number of hydrogen-bond donors (Lipinski definition) is 0. The van der Waals surface area contributed by atoms with Crippen LogP contribution in [0.3, 0.4) is 0 Å². The first-order valence-corrected chi connectivity index (χ1v) is 12.0. The standard InChI is InChI=1S/C25H20Cl2N2O5/c1-2-33-25(32)11-3-6-13(7-4-11)29-23(30)18-15-10-16(19(18)24(29)31)22-20(15)21(28-34-22)14-8-5-12(26)9-17(14)27/h3-9,15-16,18-20,22H,2,10H2,1H3/t15-,16-,18-,19-,20-,22-/m1/s1. The van der Waals surface area contributed by atoms with Crippen molar-refractivity contribution in [2.24, 2.45) is 34.7 Å². The molecule has 2 aliphatic heterocycles.